The maximum Gasteiger partial charge on any atom is 0.262 e. The fourth-order valence-corrected chi connectivity index (χ4v) is 3.13. The molecule has 0 unspecified atom stereocenters. The summed E-state index contributed by atoms with van der Waals surface area (Å²) in [6.45, 7) is 1.62. The monoisotopic (exact) mass is 399 g/mol. The van der Waals surface area contributed by atoms with Crippen molar-refractivity contribution in [3.8, 4) is 11.8 Å². The molecule has 136 valence electrons. The number of halogens is 2. The number of fused-ring (bicyclic) bond motifs is 1. The smallest absolute Gasteiger partial charge is 0.262 e. The van der Waals surface area contributed by atoms with Crippen LogP contribution in [0.4, 0.5) is 5.69 Å². The van der Waals surface area contributed by atoms with Crippen LogP contribution in [0.15, 0.2) is 42.5 Å². The molecule has 3 aromatic rings. The zero-order valence-electron chi connectivity index (χ0n) is 14.4. The Balaban J connectivity index is 1.73. The largest absolute Gasteiger partial charge is 0.480 e. The maximum atomic E-state index is 12.2. The number of aryl methyl sites for hydroxylation is 1. The number of aromatic nitrogens is 1. The van der Waals surface area contributed by atoms with E-state index in [0.29, 0.717) is 38.8 Å². The number of hydrogen-bond acceptors (Lipinski definition) is 4. The van der Waals surface area contributed by atoms with E-state index in [4.69, 9.17) is 33.2 Å². The minimum Gasteiger partial charge on any atom is -0.480 e. The number of nitrogens with one attached hydrogen (secondary N) is 1. The molecule has 3 rings (SSSR count). The van der Waals surface area contributed by atoms with Crippen LogP contribution in [0.25, 0.3) is 10.9 Å². The first kappa shape index (κ1) is 19.0. The number of hydrogen-bond donors (Lipinski definition) is 1. The molecular formula is C20H15Cl2N3O2. The second kappa shape index (κ2) is 8.26. The number of nitrogens with zero attached hydrogens (tertiary/aromatic N) is 2. The number of carbonyl (C=O) groups excluding carboxylic acids is 1. The summed E-state index contributed by atoms with van der Waals surface area (Å²) in [6, 6.07) is 14.4. The van der Waals surface area contributed by atoms with Crippen molar-refractivity contribution in [2.75, 3.05) is 11.9 Å². The minimum atomic E-state index is -0.338. The van der Waals surface area contributed by atoms with Gasteiger partial charge < -0.3 is 10.1 Å². The Hall–Kier alpha value is -2.81. The number of pyridine rings is 1. The average Bonchev–Trinajstić information content (AvgIpc) is 2.63. The highest BCUT2D eigenvalue weighted by Gasteiger charge is 2.15. The molecule has 0 aliphatic rings. The molecule has 0 saturated heterocycles. The predicted molar refractivity (Wildman–Crippen MR) is 106 cm³/mol. The second-order valence-corrected chi connectivity index (χ2v) is 6.70. The fraction of sp³-hybridized carbons (Fsp3) is 0.150. The Kier molecular flexibility index (Phi) is 5.80. The molecule has 0 radical (unpaired) electrons. The lowest BCUT2D eigenvalue weighted by Crippen LogP contribution is -2.20. The molecule has 0 saturated carbocycles. The van der Waals surface area contributed by atoms with Crippen molar-refractivity contribution in [1.29, 1.82) is 5.26 Å². The normalized spacial score (nSPS) is 10.4. The summed E-state index contributed by atoms with van der Waals surface area (Å²) in [5, 5.41) is 12.9. The van der Waals surface area contributed by atoms with E-state index in [0.717, 1.165) is 11.3 Å². The highest BCUT2D eigenvalue weighted by molar-refractivity contribution is 6.39. The summed E-state index contributed by atoms with van der Waals surface area (Å²) >= 11 is 12.5. The van der Waals surface area contributed by atoms with Gasteiger partial charge in [0, 0.05) is 16.8 Å². The first-order valence-corrected chi connectivity index (χ1v) is 8.87. The first-order valence-electron chi connectivity index (χ1n) is 8.12. The third-order valence-electron chi connectivity index (χ3n) is 3.85. The Morgan fingerprint density at radius 1 is 1.19 bits per heavy atom. The van der Waals surface area contributed by atoms with Crippen LogP contribution in [-0.4, -0.2) is 17.5 Å². The first-order chi connectivity index (χ1) is 13.0. The zero-order valence-corrected chi connectivity index (χ0v) is 15.9. The van der Waals surface area contributed by atoms with E-state index in [1.165, 1.54) is 0 Å². The molecule has 1 aromatic heterocycles. The molecule has 0 bridgehead atoms. The van der Waals surface area contributed by atoms with E-state index in [1.807, 2.05) is 19.1 Å². The van der Waals surface area contributed by atoms with Crippen LogP contribution in [0.3, 0.4) is 0 Å². The molecule has 0 spiro atoms. The number of ether oxygens (including phenoxy) is 1. The van der Waals surface area contributed by atoms with Gasteiger partial charge in [-0.1, -0.05) is 35.3 Å². The van der Waals surface area contributed by atoms with Gasteiger partial charge >= 0.3 is 0 Å². The average molecular weight is 400 g/mol. The van der Waals surface area contributed by atoms with Crippen molar-refractivity contribution in [3.63, 3.8) is 0 Å². The number of rotatable bonds is 5. The standard InChI is InChI=1S/C20H15Cl2N3O2/c1-12-2-7-15-16(21)10-17(22)20(19(15)24-12)27-11-18(26)25-14-5-3-13(4-6-14)8-9-23/h2-7,10H,8,11H2,1H3,(H,25,26). The van der Waals surface area contributed by atoms with E-state index in [2.05, 4.69) is 16.4 Å². The van der Waals surface area contributed by atoms with Crippen LogP contribution >= 0.6 is 23.2 Å². The highest BCUT2D eigenvalue weighted by atomic mass is 35.5. The van der Waals surface area contributed by atoms with E-state index in [-0.39, 0.29) is 12.5 Å². The Bertz CT molecular complexity index is 1040. The molecule has 27 heavy (non-hydrogen) atoms. The van der Waals surface area contributed by atoms with Gasteiger partial charge in [0.15, 0.2) is 12.4 Å². The molecule has 0 fully saturated rings. The topological polar surface area (TPSA) is 75.0 Å². The van der Waals surface area contributed by atoms with Gasteiger partial charge in [0.25, 0.3) is 5.91 Å². The van der Waals surface area contributed by atoms with Gasteiger partial charge in [0.2, 0.25) is 0 Å². The number of carbonyl (C=O) groups is 1. The van der Waals surface area contributed by atoms with Gasteiger partial charge in [0.05, 0.1) is 22.5 Å². The number of amides is 1. The third-order valence-corrected chi connectivity index (χ3v) is 4.44. The molecule has 0 aliphatic heterocycles. The van der Waals surface area contributed by atoms with Crippen LogP contribution in [0.1, 0.15) is 11.3 Å². The molecule has 0 aliphatic carbocycles. The molecule has 7 heteroatoms. The molecular weight excluding hydrogens is 385 g/mol. The molecule has 1 N–H and O–H groups in total. The van der Waals surface area contributed by atoms with Crippen LogP contribution in [-0.2, 0) is 11.2 Å². The molecule has 1 amide bonds. The summed E-state index contributed by atoms with van der Waals surface area (Å²) in [4.78, 5) is 16.6. The Morgan fingerprint density at radius 3 is 2.63 bits per heavy atom. The van der Waals surface area contributed by atoms with E-state index < -0.39 is 0 Å². The van der Waals surface area contributed by atoms with Gasteiger partial charge in [-0.25, -0.2) is 4.98 Å². The van der Waals surface area contributed by atoms with Gasteiger partial charge in [0.1, 0.15) is 5.52 Å². The SMILES string of the molecule is Cc1ccc2c(Cl)cc(Cl)c(OCC(=O)Nc3ccc(CC#N)cc3)c2n1. The molecule has 1 heterocycles. The summed E-state index contributed by atoms with van der Waals surface area (Å²) in [5.74, 6) is -0.0193. The van der Waals surface area contributed by atoms with Gasteiger partial charge in [-0.3, -0.25) is 4.79 Å². The van der Waals surface area contributed by atoms with Crippen molar-refractivity contribution >= 4 is 45.7 Å². The van der Waals surface area contributed by atoms with Gasteiger partial charge in [-0.15, -0.1) is 0 Å². The summed E-state index contributed by atoms with van der Waals surface area (Å²) < 4.78 is 5.65. The fourth-order valence-electron chi connectivity index (χ4n) is 2.56. The summed E-state index contributed by atoms with van der Waals surface area (Å²) in [6.07, 6.45) is 0.325. The highest BCUT2D eigenvalue weighted by Crippen LogP contribution is 2.37. The predicted octanol–water partition coefficient (Wildman–Crippen LogP) is 4.93. The van der Waals surface area contributed by atoms with E-state index in [9.17, 15) is 4.79 Å². The van der Waals surface area contributed by atoms with Crippen molar-refractivity contribution < 1.29 is 9.53 Å². The van der Waals surface area contributed by atoms with Crippen molar-refractivity contribution in [3.05, 3.63) is 63.8 Å². The lowest BCUT2D eigenvalue weighted by Gasteiger charge is -2.12. The number of anilines is 1. The van der Waals surface area contributed by atoms with Crippen molar-refractivity contribution in [2.24, 2.45) is 0 Å². The lowest BCUT2D eigenvalue weighted by atomic mass is 10.1. The molecule has 2 aromatic carbocycles. The molecule has 0 atom stereocenters. The van der Waals surface area contributed by atoms with E-state index in [1.54, 1.807) is 30.3 Å². The second-order valence-electron chi connectivity index (χ2n) is 5.89. The summed E-state index contributed by atoms with van der Waals surface area (Å²) in [5.41, 5.74) is 2.80. The van der Waals surface area contributed by atoms with Crippen molar-refractivity contribution in [1.82, 2.24) is 4.98 Å². The molecule has 5 nitrogen and oxygen atoms in total. The quantitative estimate of drug-likeness (QED) is 0.659. The van der Waals surface area contributed by atoms with Crippen molar-refractivity contribution in [2.45, 2.75) is 13.3 Å². The lowest BCUT2D eigenvalue weighted by molar-refractivity contribution is -0.118. The Labute approximate surface area is 166 Å². The van der Waals surface area contributed by atoms with Crippen LogP contribution < -0.4 is 10.1 Å². The number of benzene rings is 2. The third kappa shape index (κ3) is 4.48. The Morgan fingerprint density at radius 2 is 1.93 bits per heavy atom. The van der Waals surface area contributed by atoms with Crippen LogP contribution in [0, 0.1) is 18.3 Å². The van der Waals surface area contributed by atoms with Gasteiger partial charge in [-0.05, 0) is 42.8 Å². The van der Waals surface area contributed by atoms with Crippen LogP contribution in [0.2, 0.25) is 10.0 Å². The number of nitriles is 1. The van der Waals surface area contributed by atoms with Gasteiger partial charge in [-0.2, -0.15) is 5.26 Å². The minimum absolute atomic E-state index is 0.230. The van der Waals surface area contributed by atoms with E-state index >= 15 is 0 Å². The van der Waals surface area contributed by atoms with Crippen LogP contribution in [0.5, 0.6) is 5.75 Å². The summed E-state index contributed by atoms with van der Waals surface area (Å²) in [7, 11) is 0. The zero-order chi connectivity index (χ0) is 19.4. The maximum absolute atomic E-state index is 12.2.